The Morgan fingerprint density at radius 1 is 1.27 bits per heavy atom. The van der Waals surface area contributed by atoms with E-state index in [0.29, 0.717) is 5.16 Å². The van der Waals surface area contributed by atoms with Crippen LogP contribution in [0.1, 0.15) is 20.8 Å². The average molecular weight is 372 g/mol. The van der Waals surface area contributed by atoms with Crippen molar-refractivity contribution in [3.8, 4) is 0 Å². The molecule has 3 N–H and O–H groups in total. The molecule has 0 aliphatic rings. The molecule has 26 heavy (non-hydrogen) atoms. The summed E-state index contributed by atoms with van der Waals surface area (Å²) in [5.41, 5.74) is 7.55. The molecule has 0 spiro atoms. The number of thioether (sulfide) groups is 1. The summed E-state index contributed by atoms with van der Waals surface area (Å²) in [6, 6.07) is 7.06. The van der Waals surface area contributed by atoms with Gasteiger partial charge in [-0.25, -0.2) is 9.78 Å². The maximum absolute atomic E-state index is 12.2. The number of para-hydroxylation sites is 1. The smallest absolute Gasteiger partial charge is 0.318 e. The van der Waals surface area contributed by atoms with E-state index in [4.69, 9.17) is 5.73 Å². The molecular weight excluding hydrogens is 352 g/mol. The molecule has 0 radical (unpaired) electrons. The summed E-state index contributed by atoms with van der Waals surface area (Å²) in [4.78, 5) is 27.8. The lowest BCUT2D eigenvalue weighted by molar-refractivity contribution is -0.120. The molecule has 3 amide bonds. The first-order chi connectivity index (χ1) is 12.4. The van der Waals surface area contributed by atoms with Crippen molar-refractivity contribution in [2.75, 3.05) is 0 Å². The number of rotatable bonds is 5. The van der Waals surface area contributed by atoms with E-state index >= 15 is 0 Å². The lowest BCUT2D eigenvalue weighted by Gasteiger charge is -2.17. The van der Waals surface area contributed by atoms with Crippen molar-refractivity contribution in [3.63, 3.8) is 0 Å². The van der Waals surface area contributed by atoms with Gasteiger partial charge >= 0.3 is 6.03 Å². The van der Waals surface area contributed by atoms with Gasteiger partial charge in [-0.05, 0) is 18.9 Å². The highest BCUT2D eigenvalue weighted by molar-refractivity contribution is 8.00. The number of imide groups is 1. The molecule has 3 rings (SSSR count). The Morgan fingerprint density at radius 2 is 2.00 bits per heavy atom. The topological polar surface area (TPSA) is 116 Å². The highest BCUT2D eigenvalue weighted by atomic mass is 32.2. The minimum absolute atomic E-state index is 0.0457. The van der Waals surface area contributed by atoms with Crippen LogP contribution in [0.5, 0.6) is 0 Å². The minimum atomic E-state index is -0.873. The van der Waals surface area contributed by atoms with Crippen LogP contribution in [0.15, 0.2) is 29.4 Å². The van der Waals surface area contributed by atoms with E-state index in [-0.39, 0.29) is 5.92 Å². The van der Waals surface area contributed by atoms with Crippen LogP contribution in [0.3, 0.4) is 0 Å². The van der Waals surface area contributed by atoms with E-state index < -0.39 is 17.2 Å². The fraction of sp³-hybridized carbons (Fsp3) is 0.353. The van der Waals surface area contributed by atoms with Crippen LogP contribution in [0.25, 0.3) is 22.1 Å². The summed E-state index contributed by atoms with van der Waals surface area (Å²) in [6.45, 7) is 6.54. The average Bonchev–Trinajstić information content (AvgIpc) is 2.91. The van der Waals surface area contributed by atoms with Crippen molar-refractivity contribution < 1.29 is 9.59 Å². The van der Waals surface area contributed by atoms with E-state index in [1.54, 1.807) is 0 Å². The number of hydrogen-bond acceptors (Lipinski definition) is 6. The zero-order chi connectivity index (χ0) is 18.8. The van der Waals surface area contributed by atoms with E-state index in [9.17, 15) is 9.59 Å². The van der Waals surface area contributed by atoms with E-state index in [2.05, 4.69) is 25.1 Å². The van der Waals surface area contributed by atoms with Crippen LogP contribution in [0, 0.1) is 5.92 Å². The molecule has 0 saturated carbocycles. The van der Waals surface area contributed by atoms with E-state index in [1.165, 1.54) is 11.8 Å². The second-order valence-corrected chi connectivity index (χ2v) is 7.27. The monoisotopic (exact) mass is 372 g/mol. The summed E-state index contributed by atoms with van der Waals surface area (Å²) in [5, 5.41) is 11.5. The number of aromatic nitrogens is 4. The van der Waals surface area contributed by atoms with Crippen molar-refractivity contribution in [2.24, 2.45) is 11.7 Å². The predicted molar refractivity (Wildman–Crippen MR) is 101 cm³/mol. The number of nitrogens with zero attached hydrogens (tertiary/aromatic N) is 4. The van der Waals surface area contributed by atoms with Crippen molar-refractivity contribution in [2.45, 2.75) is 37.7 Å². The first-order valence-corrected chi connectivity index (χ1v) is 9.19. The summed E-state index contributed by atoms with van der Waals surface area (Å²) in [5.74, 6) is -0.507. The van der Waals surface area contributed by atoms with Gasteiger partial charge < -0.3 is 10.3 Å². The third-order valence-corrected chi connectivity index (χ3v) is 5.41. The first kappa shape index (κ1) is 18.1. The number of fused-ring (bicyclic) bond motifs is 3. The molecule has 0 unspecified atom stereocenters. The lowest BCUT2D eigenvalue weighted by Crippen LogP contribution is -2.42. The van der Waals surface area contributed by atoms with Crippen LogP contribution < -0.4 is 11.1 Å². The number of carbonyl (C=O) groups excluding carboxylic acids is 2. The third-order valence-electron chi connectivity index (χ3n) is 4.01. The molecule has 2 heterocycles. The maximum atomic E-state index is 12.2. The second-order valence-electron chi connectivity index (χ2n) is 6.16. The van der Waals surface area contributed by atoms with E-state index in [0.717, 1.165) is 28.6 Å². The Labute approximate surface area is 154 Å². The molecular formula is C17H20N6O2S. The van der Waals surface area contributed by atoms with Gasteiger partial charge in [-0.2, -0.15) is 0 Å². The van der Waals surface area contributed by atoms with Gasteiger partial charge in [-0.3, -0.25) is 10.1 Å². The molecule has 1 atom stereocenters. The Kier molecular flexibility index (Phi) is 5.08. The number of carbonyl (C=O) groups is 2. The zero-order valence-electron chi connectivity index (χ0n) is 14.8. The number of benzene rings is 1. The Bertz CT molecular complexity index is 984. The normalized spacial score (nSPS) is 12.6. The number of nitrogens with two attached hydrogens (primary N) is 1. The SMILES string of the molecule is CCn1c2ccccc2c2nnc(S[C@@H](C(=O)NC(N)=O)C(C)C)nc21. The molecule has 0 saturated heterocycles. The second kappa shape index (κ2) is 7.28. The van der Waals surface area contributed by atoms with Crippen molar-refractivity contribution in [1.29, 1.82) is 0 Å². The van der Waals surface area contributed by atoms with Gasteiger partial charge in [0.05, 0.1) is 10.8 Å². The van der Waals surface area contributed by atoms with Gasteiger partial charge in [0.25, 0.3) is 0 Å². The Balaban J connectivity index is 2.01. The summed E-state index contributed by atoms with van der Waals surface area (Å²) < 4.78 is 2.07. The highest BCUT2D eigenvalue weighted by Crippen LogP contribution is 2.29. The maximum Gasteiger partial charge on any atom is 0.318 e. The van der Waals surface area contributed by atoms with Crippen molar-refractivity contribution in [1.82, 2.24) is 25.1 Å². The molecule has 0 aliphatic carbocycles. The first-order valence-electron chi connectivity index (χ1n) is 8.31. The van der Waals surface area contributed by atoms with Gasteiger partial charge in [-0.1, -0.05) is 43.8 Å². The Hall–Kier alpha value is -2.68. The fourth-order valence-electron chi connectivity index (χ4n) is 2.86. The number of amides is 3. The molecule has 3 aromatic rings. The molecule has 8 nitrogen and oxygen atoms in total. The van der Waals surface area contributed by atoms with Gasteiger partial charge in [-0.15, -0.1) is 10.2 Å². The molecule has 136 valence electrons. The van der Waals surface area contributed by atoms with Crippen LogP contribution >= 0.6 is 11.8 Å². The molecule has 0 aliphatic heterocycles. The summed E-state index contributed by atoms with van der Waals surface area (Å²) in [7, 11) is 0. The van der Waals surface area contributed by atoms with Crippen molar-refractivity contribution in [3.05, 3.63) is 24.3 Å². The summed E-state index contributed by atoms with van der Waals surface area (Å²) >= 11 is 1.17. The van der Waals surface area contributed by atoms with Crippen LogP contribution in [-0.2, 0) is 11.3 Å². The number of primary amides is 1. The molecule has 1 aromatic carbocycles. The number of aryl methyl sites for hydroxylation is 1. The van der Waals surface area contributed by atoms with Gasteiger partial charge in [0.1, 0.15) is 5.52 Å². The van der Waals surface area contributed by atoms with Crippen LogP contribution in [0.2, 0.25) is 0 Å². The quantitative estimate of drug-likeness (QED) is 0.664. The van der Waals surface area contributed by atoms with Crippen molar-refractivity contribution >= 4 is 45.8 Å². The molecule has 2 aromatic heterocycles. The molecule has 0 fully saturated rings. The minimum Gasteiger partial charge on any atom is -0.351 e. The number of hydrogen-bond donors (Lipinski definition) is 2. The largest absolute Gasteiger partial charge is 0.351 e. The third kappa shape index (κ3) is 3.34. The molecule has 0 bridgehead atoms. The fourth-order valence-corrected chi connectivity index (χ4v) is 3.75. The number of nitrogens with one attached hydrogen (secondary N) is 1. The lowest BCUT2D eigenvalue weighted by atomic mass is 10.1. The summed E-state index contributed by atoms with van der Waals surface area (Å²) in [6.07, 6.45) is 0. The zero-order valence-corrected chi connectivity index (χ0v) is 15.6. The van der Waals surface area contributed by atoms with Gasteiger partial charge in [0.2, 0.25) is 11.1 Å². The van der Waals surface area contributed by atoms with Crippen LogP contribution in [0.4, 0.5) is 4.79 Å². The number of urea groups is 1. The predicted octanol–water partition coefficient (Wildman–Crippen LogP) is 2.31. The van der Waals surface area contributed by atoms with Crippen LogP contribution in [-0.4, -0.2) is 36.9 Å². The molecule has 9 heteroatoms. The van der Waals surface area contributed by atoms with Gasteiger partial charge in [0.15, 0.2) is 5.65 Å². The highest BCUT2D eigenvalue weighted by Gasteiger charge is 2.26. The standard InChI is InChI=1S/C17H20N6O2S/c1-4-23-11-8-6-5-7-10(11)12-14(23)19-17(22-21-12)26-13(9(2)3)15(24)20-16(18)25/h5-9,13H,4H2,1-3H3,(H3,18,20,24,25)/t13-/m1/s1. The van der Waals surface area contributed by atoms with Gasteiger partial charge in [0, 0.05) is 11.9 Å². The Morgan fingerprint density at radius 3 is 2.65 bits per heavy atom. The van der Waals surface area contributed by atoms with E-state index in [1.807, 2.05) is 45.0 Å².